The predicted molar refractivity (Wildman–Crippen MR) is 85.9 cm³/mol. The summed E-state index contributed by atoms with van der Waals surface area (Å²) in [5.41, 5.74) is 6.98. The number of rotatable bonds is 4. The van der Waals surface area contributed by atoms with Gasteiger partial charge in [-0.1, -0.05) is 12.1 Å². The maximum Gasteiger partial charge on any atom is 0.279 e. The van der Waals surface area contributed by atoms with Crippen LogP contribution in [-0.2, 0) is 4.79 Å². The molecule has 0 radical (unpaired) electrons. The van der Waals surface area contributed by atoms with E-state index in [1.807, 2.05) is 32.0 Å². The number of hydrogen-bond acceptors (Lipinski definition) is 4. The first kappa shape index (κ1) is 16.0. The average Bonchev–Trinajstić information content (AvgIpc) is 3.02. The largest absolute Gasteiger partial charge is 0.481 e. The van der Waals surface area contributed by atoms with E-state index in [-0.39, 0.29) is 5.91 Å². The van der Waals surface area contributed by atoms with Crippen molar-refractivity contribution < 1.29 is 14.3 Å². The molecule has 0 spiro atoms. The fraction of sp³-hybridized carbons (Fsp3) is 0.250. The third kappa shape index (κ3) is 4.08. The molecule has 0 aliphatic heterocycles. The number of hydrogen-bond donors (Lipinski definition) is 2. The van der Waals surface area contributed by atoms with Gasteiger partial charge in [-0.05, 0) is 55.5 Å². The lowest BCUT2D eigenvalue weighted by Gasteiger charge is -2.15. The molecule has 0 saturated heterocycles. The minimum Gasteiger partial charge on any atom is -0.481 e. The highest BCUT2D eigenvalue weighted by Gasteiger charge is 2.16. The van der Waals surface area contributed by atoms with E-state index in [0.717, 1.165) is 11.1 Å². The van der Waals surface area contributed by atoms with E-state index in [4.69, 9.17) is 4.74 Å². The number of carbonyl (C=O) groups is 2. The van der Waals surface area contributed by atoms with E-state index < -0.39 is 12.0 Å². The summed E-state index contributed by atoms with van der Waals surface area (Å²) in [4.78, 5) is 24.2. The van der Waals surface area contributed by atoms with Crippen molar-refractivity contribution in [3.63, 3.8) is 0 Å². The van der Waals surface area contributed by atoms with Gasteiger partial charge in [-0.2, -0.15) is 0 Å². The second kappa shape index (κ2) is 7.09. The summed E-state index contributed by atoms with van der Waals surface area (Å²) in [6.45, 7) is 5.62. The fourth-order valence-electron chi connectivity index (χ4n) is 1.73. The molecule has 1 unspecified atom stereocenters. The Morgan fingerprint density at radius 1 is 1.14 bits per heavy atom. The third-order valence-corrected chi connectivity index (χ3v) is 4.07. The number of carbonyl (C=O) groups excluding carboxylic acids is 2. The normalized spacial score (nSPS) is 11.6. The van der Waals surface area contributed by atoms with Crippen molar-refractivity contribution in [2.45, 2.75) is 26.9 Å². The van der Waals surface area contributed by atoms with Gasteiger partial charge in [0.05, 0.1) is 4.88 Å². The second-order valence-corrected chi connectivity index (χ2v) is 5.87. The molecule has 0 fully saturated rings. The predicted octanol–water partition coefficient (Wildman–Crippen LogP) is 2.59. The summed E-state index contributed by atoms with van der Waals surface area (Å²) in [6.07, 6.45) is -0.717. The van der Waals surface area contributed by atoms with Crippen LogP contribution in [0.5, 0.6) is 5.75 Å². The zero-order valence-corrected chi connectivity index (χ0v) is 13.5. The van der Waals surface area contributed by atoms with Crippen molar-refractivity contribution in [2.24, 2.45) is 0 Å². The first-order chi connectivity index (χ1) is 10.5. The molecule has 6 heteroatoms. The van der Waals surface area contributed by atoms with Crippen molar-refractivity contribution in [2.75, 3.05) is 0 Å². The van der Waals surface area contributed by atoms with E-state index in [1.165, 1.54) is 11.3 Å². The molecule has 1 atom stereocenters. The van der Waals surface area contributed by atoms with Gasteiger partial charge in [-0.25, -0.2) is 0 Å². The van der Waals surface area contributed by atoms with Gasteiger partial charge in [0.15, 0.2) is 6.10 Å². The van der Waals surface area contributed by atoms with E-state index in [2.05, 4.69) is 10.9 Å². The Morgan fingerprint density at radius 3 is 2.55 bits per heavy atom. The van der Waals surface area contributed by atoms with Gasteiger partial charge < -0.3 is 4.74 Å². The van der Waals surface area contributed by atoms with Gasteiger partial charge in [-0.3, -0.25) is 20.4 Å². The van der Waals surface area contributed by atoms with Gasteiger partial charge in [-0.15, -0.1) is 11.3 Å². The van der Waals surface area contributed by atoms with Crippen LogP contribution in [0.3, 0.4) is 0 Å². The van der Waals surface area contributed by atoms with E-state index >= 15 is 0 Å². The summed E-state index contributed by atoms with van der Waals surface area (Å²) in [5, 5.41) is 1.79. The Kier molecular flexibility index (Phi) is 5.16. The van der Waals surface area contributed by atoms with Gasteiger partial charge in [0.25, 0.3) is 11.8 Å². The molecular weight excluding hydrogens is 300 g/mol. The minimum atomic E-state index is -0.717. The minimum absolute atomic E-state index is 0.346. The van der Waals surface area contributed by atoms with Crippen LogP contribution in [0.4, 0.5) is 0 Å². The molecule has 2 aromatic rings. The summed E-state index contributed by atoms with van der Waals surface area (Å²) in [6, 6.07) is 9.08. The standard InChI is InChI=1S/C16H18N2O3S/c1-10-6-7-13(9-11(10)2)21-12(3)15(19)17-18-16(20)14-5-4-8-22-14/h4-9,12H,1-3H3,(H,17,19)(H,18,20). The summed E-state index contributed by atoms with van der Waals surface area (Å²) in [7, 11) is 0. The lowest BCUT2D eigenvalue weighted by molar-refractivity contribution is -0.128. The van der Waals surface area contributed by atoms with Gasteiger partial charge in [0, 0.05) is 0 Å². The molecule has 0 aliphatic rings. The maximum atomic E-state index is 11.9. The maximum absolute atomic E-state index is 11.9. The van der Waals surface area contributed by atoms with Crippen LogP contribution in [0.2, 0.25) is 0 Å². The van der Waals surface area contributed by atoms with Crippen molar-refractivity contribution in [1.82, 2.24) is 10.9 Å². The molecular formula is C16H18N2O3S. The summed E-state index contributed by atoms with van der Waals surface area (Å²) < 4.78 is 5.57. The van der Waals surface area contributed by atoms with Crippen LogP contribution in [-0.4, -0.2) is 17.9 Å². The zero-order valence-electron chi connectivity index (χ0n) is 12.7. The van der Waals surface area contributed by atoms with Crippen molar-refractivity contribution in [1.29, 1.82) is 0 Å². The third-order valence-electron chi connectivity index (χ3n) is 3.20. The van der Waals surface area contributed by atoms with Crippen LogP contribution in [0, 0.1) is 13.8 Å². The van der Waals surface area contributed by atoms with Crippen molar-refractivity contribution in [3.05, 3.63) is 51.7 Å². The Bertz CT molecular complexity index is 668. The molecule has 1 aromatic heterocycles. The molecule has 116 valence electrons. The Morgan fingerprint density at radius 2 is 1.91 bits per heavy atom. The van der Waals surface area contributed by atoms with Crippen LogP contribution in [0.15, 0.2) is 35.7 Å². The molecule has 0 aliphatic carbocycles. The topological polar surface area (TPSA) is 67.4 Å². The Labute approximate surface area is 133 Å². The first-order valence-corrected chi connectivity index (χ1v) is 7.73. The SMILES string of the molecule is Cc1ccc(OC(C)C(=O)NNC(=O)c2cccs2)cc1C. The number of aryl methyl sites for hydroxylation is 2. The van der Waals surface area contributed by atoms with E-state index in [0.29, 0.717) is 10.6 Å². The van der Waals surface area contributed by atoms with Crippen LogP contribution in [0.1, 0.15) is 27.7 Å². The quantitative estimate of drug-likeness (QED) is 0.852. The van der Waals surface area contributed by atoms with Crippen molar-refractivity contribution >= 4 is 23.2 Å². The number of nitrogens with one attached hydrogen (secondary N) is 2. The molecule has 0 bridgehead atoms. The highest BCUT2D eigenvalue weighted by atomic mass is 32.1. The van der Waals surface area contributed by atoms with Crippen LogP contribution in [0.25, 0.3) is 0 Å². The average molecular weight is 318 g/mol. The summed E-state index contributed by atoms with van der Waals surface area (Å²) in [5.74, 6) is -0.139. The lowest BCUT2D eigenvalue weighted by Crippen LogP contribution is -2.47. The second-order valence-electron chi connectivity index (χ2n) is 4.93. The van der Waals surface area contributed by atoms with Gasteiger partial charge in [0.2, 0.25) is 0 Å². The molecule has 5 nitrogen and oxygen atoms in total. The smallest absolute Gasteiger partial charge is 0.279 e. The Hall–Kier alpha value is -2.34. The highest BCUT2D eigenvalue weighted by molar-refractivity contribution is 7.12. The lowest BCUT2D eigenvalue weighted by atomic mass is 10.1. The number of benzene rings is 1. The van der Waals surface area contributed by atoms with Crippen LogP contribution >= 0.6 is 11.3 Å². The van der Waals surface area contributed by atoms with Gasteiger partial charge >= 0.3 is 0 Å². The molecule has 0 saturated carbocycles. The summed E-state index contributed by atoms with van der Waals surface area (Å²) >= 11 is 1.30. The van der Waals surface area contributed by atoms with Crippen LogP contribution < -0.4 is 15.6 Å². The number of ether oxygens (including phenoxy) is 1. The first-order valence-electron chi connectivity index (χ1n) is 6.85. The molecule has 2 amide bonds. The van der Waals surface area contributed by atoms with E-state index in [9.17, 15) is 9.59 Å². The van der Waals surface area contributed by atoms with E-state index in [1.54, 1.807) is 24.4 Å². The molecule has 22 heavy (non-hydrogen) atoms. The number of amides is 2. The zero-order chi connectivity index (χ0) is 16.1. The molecule has 1 aromatic carbocycles. The van der Waals surface area contributed by atoms with Gasteiger partial charge in [0.1, 0.15) is 5.75 Å². The number of hydrazine groups is 1. The molecule has 2 rings (SSSR count). The molecule has 2 N–H and O–H groups in total. The fourth-order valence-corrected chi connectivity index (χ4v) is 2.35. The monoisotopic (exact) mass is 318 g/mol. The highest BCUT2D eigenvalue weighted by Crippen LogP contribution is 2.17. The van der Waals surface area contributed by atoms with Crippen molar-refractivity contribution in [3.8, 4) is 5.75 Å². The Balaban J connectivity index is 1.86. The molecule has 1 heterocycles. The number of thiophene rings is 1.